The Morgan fingerprint density at radius 3 is 2.00 bits per heavy atom. The molecule has 0 radical (unpaired) electrons. The van der Waals surface area contributed by atoms with Crippen molar-refractivity contribution in [1.29, 1.82) is 0 Å². The van der Waals surface area contributed by atoms with Crippen molar-refractivity contribution < 1.29 is 14.3 Å². The summed E-state index contributed by atoms with van der Waals surface area (Å²) in [7, 11) is 3.51. The topological polar surface area (TPSA) is 61.5 Å². The van der Waals surface area contributed by atoms with Gasteiger partial charge in [-0.25, -0.2) is 0 Å². The van der Waals surface area contributed by atoms with Crippen molar-refractivity contribution in [2.45, 2.75) is 95.3 Å². The highest BCUT2D eigenvalue weighted by Crippen LogP contribution is 2.37. The first-order valence-electron chi connectivity index (χ1n) is 10.6. The molecule has 3 rings (SSSR count). The second-order valence-electron chi connectivity index (χ2n) is 9.40. The molecule has 0 atom stereocenters. The zero-order valence-corrected chi connectivity index (χ0v) is 18.4. The maximum Gasteiger partial charge on any atom is 0.133 e. The van der Waals surface area contributed by atoms with Crippen LogP contribution in [0.5, 0.6) is 0 Å². The fourth-order valence-corrected chi connectivity index (χ4v) is 4.08. The second-order valence-corrected chi connectivity index (χ2v) is 9.40. The number of carbonyl (C=O) groups is 1. The highest BCUT2D eigenvalue weighted by molar-refractivity contribution is 5.79. The molecule has 4 nitrogen and oxygen atoms in total. The summed E-state index contributed by atoms with van der Waals surface area (Å²) in [6.45, 7) is 6.74. The van der Waals surface area contributed by atoms with Gasteiger partial charge in [0.25, 0.3) is 0 Å². The van der Waals surface area contributed by atoms with E-state index in [0.29, 0.717) is 18.0 Å². The van der Waals surface area contributed by atoms with Crippen molar-refractivity contribution in [3.8, 4) is 0 Å². The summed E-state index contributed by atoms with van der Waals surface area (Å²) in [4.78, 5) is 10.7. The van der Waals surface area contributed by atoms with Crippen molar-refractivity contribution in [3.05, 3.63) is 35.4 Å². The van der Waals surface area contributed by atoms with Crippen molar-refractivity contribution in [2.75, 3.05) is 14.2 Å². The maximum atomic E-state index is 10.7. The molecule has 28 heavy (non-hydrogen) atoms. The van der Waals surface area contributed by atoms with Gasteiger partial charge in [0, 0.05) is 32.6 Å². The molecule has 158 valence electrons. The van der Waals surface area contributed by atoms with E-state index in [-0.39, 0.29) is 11.0 Å². The second kappa shape index (κ2) is 10.00. The zero-order chi connectivity index (χ0) is 20.8. The number of ketones is 1. The van der Waals surface area contributed by atoms with Crippen LogP contribution in [0, 0.1) is 0 Å². The molecule has 0 spiro atoms. The number of benzene rings is 1. The average molecular weight is 390 g/mol. The molecule has 1 aromatic rings. The number of hydrogen-bond acceptors (Lipinski definition) is 4. The van der Waals surface area contributed by atoms with E-state index in [0.717, 1.165) is 51.4 Å². The van der Waals surface area contributed by atoms with Gasteiger partial charge < -0.3 is 15.2 Å². The molecule has 1 aromatic carbocycles. The molecule has 2 aliphatic rings. The Bertz CT molecular complexity index is 617. The molecule has 4 heteroatoms. The fourth-order valence-electron chi connectivity index (χ4n) is 4.08. The molecule has 0 amide bonds. The van der Waals surface area contributed by atoms with Gasteiger partial charge in [0.15, 0.2) is 0 Å². The lowest BCUT2D eigenvalue weighted by molar-refractivity contribution is -0.122. The van der Waals surface area contributed by atoms with Gasteiger partial charge in [-0.1, -0.05) is 45.0 Å². The monoisotopic (exact) mass is 389 g/mol. The Labute approximate surface area is 171 Å². The van der Waals surface area contributed by atoms with Crippen LogP contribution in [0.1, 0.15) is 83.3 Å². The van der Waals surface area contributed by atoms with Crippen molar-refractivity contribution in [2.24, 2.45) is 5.73 Å². The number of rotatable bonds is 3. The Hall–Kier alpha value is -1.23. The number of hydrogen-bond donors (Lipinski definition) is 1. The van der Waals surface area contributed by atoms with Crippen LogP contribution in [-0.2, 0) is 25.2 Å². The minimum absolute atomic E-state index is 0.170. The van der Waals surface area contributed by atoms with Crippen LogP contribution in [0.2, 0.25) is 0 Å². The fraction of sp³-hybridized carbons (Fsp3) is 0.708. The number of ether oxygens (including phenoxy) is 2. The molecular formula is C24H39NO3. The van der Waals surface area contributed by atoms with Crippen LogP contribution >= 0.6 is 0 Å². The summed E-state index contributed by atoms with van der Waals surface area (Å²) in [6, 6.07) is 8.83. The lowest BCUT2D eigenvalue weighted by atomic mass is 9.74. The first kappa shape index (κ1) is 23.1. The van der Waals surface area contributed by atoms with E-state index in [4.69, 9.17) is 15.2 Å². The van der Waals surface area contributed by atoms with Crippen LogP contribution in [0.4, 0.5) is 0 Å². The summed E-state index contributed by atoms with van der Waals surface area (Å²) in [5.74, 6) is 0.392. The Balaban J connectivity index is 0.000000261. The normalized spacial score (nSPS) is 26.5. The smallest absolute Gasteiger partial charge is 0.133 e. The molecule has 2 fully saturated rings. The van der Waals surface area contributed by atoms with Crippen LogP contribution in [-0.4, -0.2) is 32.2 Å². The van der Waals surface area contributed by atoms with Crippen LogP contribution < -0.4 is 5.73 Å². The summed E-state index contributed by atoms with van der Waals surface area (Å²) in [5.41, 5.74) is 9.31. The van der Waals surface area contributed by atoms with Gasteiger partial charge in [-0.05, 0) is 55.1 Å². The molecule has 0 aliphatic heterocycles. The molecule has 0 unspecified atom stereocenters. The van der Waals surface area contributed by atoms with Gasteiger partial charge in [0.2, 0.25) is 0 Å². The predicted molar refractivity (Wildman–Crippen MR) is 115 cm³/mol. The highest BCUT2D eigenvalue weighted by Gasteiger charge is 2.33. The standard InChI is InChI=1S/C17H27NO.C7H12O2/c1-16(2,3)13-6-5-7-14(12-13)17(18)10-8-15(19-4)9-11-17;1-9-7-4-2-6(8)3-5-7/h5-7,12,15H,8-11,18H2,1-4H3;7H,2-5H2,1H3. The lowest BCUT2D eigenvalue weighted by Gasteiger charge is -2.37. The van der Waals surface area contributed by atoms with E-state index >= 15 is 0 Å². The number of methoxy groups -OCH3 is 2. The van der Waals surface area contributed by atoms with Gasteiger partial charge in [0.05, 0.1) is 12.2 Å². The van der Waals surface area contributed by atoms with E-state index in [2.05, 4.69) is 45.0 Å². The van der Waals surface area contributed by atoms with Gasteiger partial charge in [0.1, 0.15) is 5.78 Å². The van der Waals surface area contributed by atoms with Crippen molar-refractivity contribution in [1.82, 2.24) is 0 Å². The first-order chi connectivity index (χ1) is 13.2. The molecule has 0 saturated heterocycles. The zero-order valence-electron chi connectivity index (χ0n) is 18.4. The van der Waals surface area contributed by atoms with Crippen LogP contribution in [0.25, 0.3) is 0 Å². The summed E-state index contributed by atoms with van der Waals surface area (Å²) < 4.78 is 10.5. The summed E-state index contributed by atoms with van der Waals surface area (Å²) >= 11 is 0. The Morgan fingerprint density at radius 1 is 0.964 bits per heavy atom. The quantitative estimate of drug-likeness (QED) is 0.801. The Kier molecular flexibility index (Phi) is 8.23. The van der Waals surface area contributed by atoms with E-state index in [1.807, 2.05) is 0 Å². The molecule has 0 heterocycles. The third kappa shape index (κ3) is 6.40. The molecule has 2 N–H and O–H groups in total. The van der Waals surface area contributed by atoms with Crippen LogP contribution in [0.3, 0.4) is 0 Å². The van der Waals surface area contributed by atoms with Crippen LogP contribution in [0.15, 0.2) is 24.3 Å². The van der Waals surface area contributed by atoms with Gasteiger partial charge in [-0.2, -0.15) is 0 Å². The largest absolute Gasteiger partial charge is 0.381 e. The molecular weight excluding hydrogens is 350 g/mol. The third-order valence-corrected chi connectivity index (χ3v) is 6.29. The molecule has 2 aliphatic carbocycles. The van der Waals surface area contributed by atoms with Crippen molar-refractivity contribution in [3.63, 3.8) is 0 Å². The number of nitrogens with two attached hydrogens (primary N) is 1. The van der Waals surface area contributed by atoms with E-state index in [1.54, 1.807) is 14.2 Å². The predicted octanol–water partition coefficient (Wildman–Crippen LogP) is 4.87. The first-order valence-corrected chi connectivity index (χ1v) is 10.6. The van der Waals surface area contributed by atoms with E-state index in [1.165, 1.54) is 11.1 Å². The van der Waals surface area contributed by atoms with E-state index < -0.39 is 0 Å². The minimum Gasteiger partial charge on any atom is -0.381 e. The lowest BCUT2D eigenvalue weighted by Crippen LogP contribution is -2.42. The van der Waals surface area contributed by atoms with E-state index in [9.17, 15) is 4.79 Å². The molecule has 0 aromatic heterocycles. The van der Waals surface area contributed by atoms with Gasteiger partial charge >= 0.3 is 0 Å². The Morgan fingerprint density at radius 2 is 1.50 bits per heavy atom. The average Bonchev–Trinajstić information content (AvgIpc) is 2.69. The van der Waals surface area contributed by atoms with Crippen molar-refractivity contribution >= 4 is 5.78 Å². The van der Waals surface area contributed by atoms with Gasteiger partial charge in [-0.15, -0.1) is 0 Å². The number of carbonyl (C=O) groups excluding carboxylic acids is 1. The maximum absolute atomic E-state index is 10.7. The minimum atomic E-state index is -0.170. The summed E-state index contributed by atoms with van der Waals surface area (Å²) in [6.07, 6.45) is 8.18. The molecule has 2 saturated carbocycles. The third-order valence-electron chi connectivity index (χ3n) is 6.29. The SMILES string of the molecule is COC1CCC(=O)CC1.COC1CCC(N)(c2cccc(C(C)(C)C)c2)CC1. The van der Waals surface area contributed by atoms with Gasteiger partial charge in [-0.3, -0.25) is 4.79 Å². The highest BCUT2D eigenvalue weighted by atomic mass is 16.5. The number of Topliss-reactive ketones (excluding diaryl/α,β-unsaturated/α-hetero) is 1. The molecule has 0 bridgehead atoms. The summed E-state index contributed by atoms with van der Waals surface area (Å²) in [5, 5.41) is 0.